The highest BCUT2D eigenvalue weighted by Gasteiger charge is 2.29. The Labute approximate surface area is 197 Å². The standard InChI is InChI=1S/C24H27N5O5/c1-16-22(25-26-29(16)18-6-5-7-19(15-18)32-2)24(31)28-12-10-27(11-13-28)23(30)17-8-9-20(33-3)21(14-17)34-4/h5-9,14-15H,10-13H2,1-4H3. The fourth-order valence-corrected chi connectivity index (χ4v) is 3.93. The number of aromatic nitrogens is 3. The van der Waals surface area contributed by atoms with Gasteiger partial charge in [0.1, 0.15) is 5.75 Å². The summed E-state index contributed by atoms with van der Waals surface area (Å²) < 4.78 is 17.4. The smallest absolute Gasteiger partial charge is 0.276 e. The van der Waals surface area contributed by atoms with Crippen molar-refractivity contribution in [3.05, 3.63) is 59.4 Å². The van der Waals surface area contributed by atoms with E-state index in [9.17, 15) is 9.59 Å². The van der Waals surface area contributed by atoms with Gasteiger partial charge in [0.25, 0.3) is 11.8 Å². The Bertz CT molecular complexity index is 1200. The maximum Gasteiger partial charge on any atom is 0.276 e. The predicted molar refractivity (Wildman–Crippen MR) is 124 cm³/mol. The molecule has 1 aliphatic rings. The lowest BCUT2D eigenvalue weighted by molar-refractivity contribution is 0.0531. The van der Waals surface area contributed by atoms with Crippen molar-refractivity contribution in [2.24, 2.45) is 0 Å². The molecule has 34 heavy (non-hydrogen) atoms. The molecule has 2 aromatic carbocycles. The summed E-state index contributed by atoms with van der Waals surface area (Å²) in [6.07, 6.45) is 0. The zero-order valence-corrected chi connectivity index (χ0v) is 19.6. The average Bonchev–Trinajstić information content (AvgIpc) is 3.28. The summed E-state index contributed by atoms with van der Waals surface area (Å²) in [5, 5.41) is 8.30. The van der Waals surface area contributed by atoms with Crippen molar-refractivity contribution in [1.29, 1.82) is 0 Å². The normalized spacial score (nSPS) is 13.5. The minimum absolute atomic E-state index is 0.117. The van der Waals surface area contributed by atoms with Crippen molar-refractivity contribution in [2.45, 2.75) is 6.92 Å². The molecule has 0 radical (unpaired) electrons. The van der Waals surface area contributed by atoms with E-state index in [4.69, 9.17) is 14.2 Å². The maximum absolute atomic E-state index is 13.1. The van der Waals surface area contributed by atoms with Gasteiger partial charge in [-0.05, 0) is 37.3 Å². The predicted octanol–water partition coefficient (Wildman–Crippen LogP) is 2.20. The maximum atomic E-state index is 13.1. The van der Waals surface area contributed by atoms with Gasteiger partial charge in [-0.3, -0.25) is 9.59 Å². The van der Waals surface area contributed by atoms with Crippen LogP contribution >= 0.6 is 0 Å². The molecule has 178 valence electrons. The number of hydrogen-bond acceptors (Lipinski definition) is 7. The Hall–Kier alpha value is -4.08. The highest BCUT2D eigenvalue weighted by Crippen LogP contribution is 2.28. The molecule has 0 saturated carbocycles. The van der Waals surface area contributed by atoms with Crippen LogP contribution in [0.4, 0.5) is 0 Å². The van der Waals surface area contributed by atoms with E-state index in [1.165, 1.54) is 7.11 Å². The number of carbonyl (C=O) groups excluding carboxylic acids is 2. The minimum Gasteiger partial charge on any atom is -0.497 e. The second-order valence-electron chi connectivity index (χ2n) is 7.79. The van der Waals surface area contributed by atoms with Gasteiger partial charge in [0.05, 0.1) is 32.7 Å². The van der Waals surface area contributed by atoms with Crippen molar-refractivity contribution in [3.8, 4) is 22.9 Å². The van der Waals surface area contributed by atoms with E-state index < -0.39 is 0 Å². The van der Waals surface area contributed by atoms with Gasteiger partial charge in [-0.25, -0.2) is 4.68 Å². The highest BCUT2D eigenvalue weighted by molar-refractivity contribution is 5.96. The van der Waals surface area contributed by atoms with E-state index in [1.54, 1.807) is 46.9 Å². The van der Waals surface area contributed by atoms with Gasteiger partial charge in [0.15, 0.2) is 17.2 Å². The lowest BCUT2D eigenvalue weighted by atomic mass is 10.1. The molecule has 2 heterocycles. The van der Waals surface area contributed by atoms with Gasteiger partial charge >= 0.3 is 0 Å². The summed E-state index contributed by atoms with van der Waals surface area (Å²) in [5.74, 6) is 1.43. The molecule has 10 nitrogen and oxygen atoms in total. The van der Waals surface area contributed by atoms with Gasteiger partial charge in [-0.1, -0.05) is 11.3 Å². The van der Waals surface area contributed by atoms with Crippen LogP contribution in [0.2, 0.25) is 0 Å². The number of piperazine rings is 1. The van der Waals surface area contributed by atoms with Gasteiger partial charge in [0, 0.05) is 37.8 Å². The van der Waals surface area contributed by atoms with Crippen molar-refractivity contribution in [1.82, 2.24) is 24.8 Å². The van der Waals surface area contributed by atoms with Crippen molar-refractivity contribution in [3.63, 3.8) is 0 Å². The third kappa shape index (κ3) is 4.39. The van der Waals surface area contributed by atoms with E-state index in [2.05, 4.69) is 10.3 Å². The number of carbonyl (C=O) groups is 2. The van der Waals surface area contributed by atoms with E-state index in [0.29, 0.717) is 60.4 Å². The summed E-state index contributed by atoms with van der Waals surface area (Å²) >= 11 is 0. The number of hydrogen-bond donors (Lipinski definition) is 0. The Morgan fingerprint density at radius 1 is 0.824 bits per heavy atom. The molecule has 0 N–H and O–H groups in total. The van der Waals surface area contributed by atoms with E-state index in [0.717, 1.165) is 5.69 Å². The first kappa shape index (κ1) is 23.1. The van der Waals surface area contributed by atoms with Crippen LogP contribution in [0.5, 0.6) is 17.2 Å². The monoisotopic (exact) mass is 465 g/mol. The molecule has 0 unspecified atom stereocenters. The molecular formula is C24H27N5O5. The molecular weight excluding hydrogens is 438 g/mol. The fraction of sp³-hybridized carbons (Fsp3) is 0.333. The van der Waals surface area contributed by atoms with Crippen LogP contribution in [0, 0.1) is 6.92 Å². The number of ether oxygens (including phenoxy) is 3. The van der Waals surface area contributed by atoms with Crippen LogP contribution in [-0.4, -0.2) is 84.1 Å². The van der Waals surface area contributed by atoms with Crippen LogP contribution in [0.25, 0.3) is 5.69 Å². The first-order chi connectivity index (χ1) is 16.5. The molecule has 0 aliphatic carbocycles. The quantitative estimate of drug-likeness (QED) is 0.550. The Morgan fingerprint density at radius 2 is 1.50 bits per heavy atom. The largest absolute Gasteiger partial charge is 0.497 e. The zero-order valence-electron chi connectivity index (χ0n) is 19.6. The SMILES string of the molecule is COc1cccc(-n2nnc(C(=O)N3CCN(C(=O)c4ccc(OC)c(OC)c4)CC3)c2C)c1. The Balaban J connectivity index is 1.43. The molecule has 1 fully saturated rings. The summed E-state index contributed by atoms with van der Waals surface area (Å²) in [6, 6.07) is 12.5. The van der Waals surface area contributed by atoms with Gasteiger partial charge < -0.3 is 24.0 Å². The molecule has 1 saturated heterocycles. The van der Waals surface area contributed by atoms with Gasteiger partial charge in [-0.2, -0.15) is 0 Å². The van der Waals surface area contributed by atoms with Gasteiger partial charge in [0.2, 0.25) is 0 Å². The third-order valence-corrected chi connectivity index (χ3v) is 5.88. The number of amides is 2. The topological polar surface area (TPSA) is 99.0 Å². The summed E-state index contributed by atoms with van der Waals surface area (Å²) in [4.78, 5) is 29.5. The lowest BCUT2D eigenvalue weighted by Crippen LogP contribution is -2.50. The van der Waals surface area contributed by atoms with Crippen molar-refractivity contribution < 1.29 is 23.8 Å². The Morgan fingerprint density at radius 3 is 2.15 bits per heavy atom. The first-order valence-electron chi connectivity index (χ1n) is 10.8. The number of rotatable bonds is 6. The number of nitrogens with zero attached hydrogens (tertiary/aromatic N) is 5. The van der Waals surface area contributed by atoms with E-state index in [-0.39, 0.29) is 11.8 Å². The van der Waals surface area contributed by atoms with Crippen LogP contribution in [0.15, 0.2) is 42.5 Å². The van der Waals surface area contributed by atoms with Crippen LogP contribution in [-0.2, 0) is 0 Å². The van der Waals surface area contributed by atoms with Crippen LogP contribution < -0.4 is 14.2 Å². The summed E-state index contributed by atoms with van der Waals surface area (Å²) in [6.45, 7) is 3.46. The van der Waals surface area contributed by atoms with E-state index in [1.807, 2.05) is 31.2 Å². The zero-order chi connectivity index (χ0) is 24.2. The molecule has 3 aromatic rings. The molecule has 0 spiro atoms. The molecule has 4 rings (SSSR count). The molecule has 2 amide bonds. The summed E-state index contributed by atoms with van der Waals surface area (Å²) in [7, 11) is 4.67. The lowest BCUT2D eigenvalue weighted by Gasteiger charge is -2.34. The minimum atomic E-state index is -0.204. The third-order valence-electron chi connectivity index (χ3n) is 5.88. The van der Waals surface area contributed by atoms with E-state index >= 15 is 0 Å². The second-order valence-corrected chi connectivity index (χ2v) is 7.79. The van der Waals surface area contributed by atoms with Crippen molar-refractivity contribution >= 4 is 11.8 Å². The highest BCUT2D eigenvalue weighted by atomic mass is 16.5. The molecule has 1 aromatic heterocycles. The Kier molecular flexibility index (Phi) is 6.67. The number of methoxy groups -OCH3 is 3. The average molecular weight is 466 g/mol. The molecule has 0 atom stereocenters. The second kappa shape index (κ2) is 9.82. The first-order valence-corrected chi connectivity index (χ1v) is 10.8. The molecule has 10 heteroatoms. The van der Waals surface area contributed by atoms with Crippen molar-refractivity contribution in [2.75, 3.05) is 47.5 Å². The summed E-state index contributed by atoms with van der Waals surface area (Å²) in [5.41, 5.74) is 2.20. The molecule has 1 aliphatic heterocycles. The fourth-order valence-electron chi connectivity index (χ4n) is 3.93. The van der Waals surface area contributed by atoms with Crippen LogP contribution in [0.3, 0.4) is 0 Å². The number of benzene rings is 2. The van der Waals surface area contributed by atoms with Gasteiger partial charge in [-0.15, -0.1) is 5.10 Å². The van der Waals surface area contributed by atoms with Crippen LogP contribution in [0.1, 0.15) is 26.5 Å². The molecule has 0 bridgehead atoms.